The standard InChI is InChI=1S/C12H16N4O/c1-2-12(17)14-9-3-5-10(6-4-9)16-8-7-11(13)15-16/h3-7,15H,2,8,13H2,1H3,(H,14,17). The van der Waals surface area contributed by atoms with Crippen molar-refractivity contribution >= 4 is 17.3 Å². The Bertz CT molecular complexity index is 438. The Morgan fingerprint density at radius 1 is 1.47 bits per heavy atom. The molecule has 0 saturated carbocycles. The van der Waals surface area contributed by atoms with Crippen LogP contribution in [0.2, 0.25) is 0 Å². The van der Waals surface area contributed by atoms with E-state index < -0.39 is 0 Å². The first-order valence-corrected chi connectivity index (χ1v) is 5.59. The third-order valence-corrected chi connectivity index (χ3v) is 2.54. The fourth-order valence-corrected chi connectivity index (χ4v) is 1.58. The summed E-state index contributed by atoms with van der Waals surface area (Å²) in [7, 11) is 0. The normalized spacial score (nSPS) is 14.2. The van der Waals surface area contributed by atoms with Gasteiger partial charge in [-0.2, -0.15) is 0 Å². The zero-order valence-corrected chi connectivity index (χ0v) is 9.73. The van der Waals surface area contributed by atoms with Crippen molar-refractivity contribution in [1.82, 2.24) is 5.43 Å². The second kappa shape index (κ2) is 4.78. The maximum atomic E-state index is 11.2. The van der Waals surface area contributed by atoms with E-state index in [0.717, 1.165) is 17.9 Å². The van der Waals surface area contributed by atoms with Crippen molar-refractivity contribution in [3.63, 3.8) is 0 Å². The molecule has 0 unspecified atom stereocenters. The van der Waals surface area contributed by atoms with Gasteiger partial charge >= 0.3 is 0 Å². The number of benzene rings is 1. The van der Waals surface area contributed by atoms with Crippen LogP contribution in [0.3, 0.4) is 0 Å². The Kier molecular flexibility index (Phi) is 3.18. The Hall–Kier alpha value is -2.17. The lowest BCUT2D eigenvalue weighted by Gasteiger charge is -2.19. The topological polar surface area (TPSA) is 70.4 Å². The van der Waals surface area contributed by atoms with E-state index in [4.69, 9.17) is 5.73 Å². The minimum atomic E-state index is 0.0166. The molecule has 0 aliphatic carbocycles. The first-order valence-electron chi connectivity index (χ1n) is 5.59. The van der Waals surface area contributed by atoms with E-state index in [-0.39, 0.29) is 5.91 Å². The van der Waals surface area contributed by atoms with Crippen LogP contribution in [0.25, 0.3) is 0 Å². The molecule has 1 amide bonds. The third kappa shape index (κ3) is 2.69. The molecule has 90 valence electrons. The van der Waals surface area contributed by atoms with Gasteiger partial charge in [0, 0.05) is 12.1 Å². The quantitative estimate of drug-likeness (QED) is 0.731. The summed E-state index contributed by atoms with van der Waals surface area (Å²) in [5, 5.41) is 4.73. The number of hydrogen-bond acceptors (Lipinski definition) is 4. The monoisotopic (exact) mass is 232 g/mol. The summed E-state index contributed by atoms with van der Waals surface area (Å²) in [6.45, 7) is 2.57. The van der Waals surface area contributed by atoms with Crippen LogP contribution in [-0.4, -0.2) is 12.5 Å². The summed E-state index contributed by atoms with van der Waals surface area (Å²) in [5.74, 6) is 0.677. The van der Waals surface area contributed by atoms with Crippen molar-refractivity contribution in [2.45, 2.75) is 13.3 Å². The van der Waals surface area contributed by atoms with Gasteiger partial charge in [-0.3, -0.25) is 15.2 Å². The number of hydrazine groups is 1. The summed E-state index contributed by atoms with van der Waals surface area (Å²) in [5.41, 5.74) is 10.5. The average molecular weight is 232 g/mol. The molecule has 0 saturated heterocycles. The van der Waals surface area contributed by atoms with Crippen LogP contribution in [-0.2, 0) is 4.79 Å². The molecule has 1 aliphatic heterocycles. The predicted octanol–water partition coefficient (Wildman–Crippen LogP) is 1.16. The summed E-state index contributed by atoms with van der Waals surface area (Å²) in [4.78, 5) is 11.2. The van der Waals surface area contributed by atoms with Crippen LogP contribution < -0.4 is 21.5 Å². The molecule has 0 bridgehead atoms. The Morgan fingerprint density at radius 2 is 2.18 bits per heavy atom. The molecule has 1 aromatic rings. The molecule has 2 rings (SSSR count). The molecule has 0 aromatic heterocycles. The lowest BCUT2D eigenvalue weighted by atomic mass is 10.2. The predicted molar refractivity (Wildman–Crippen MR) is 68.1 cm³/mol. The number of nitrogens with zero attached hydrogens (tertiary/aromatic N) is 1. The van der Waals surface area contributed by atoms with Crippen LogP contribution in [0.15, 0.2) is 36.2 Å². The molecular formula is C12H16N4O. The molecule has 5 nitrogen and oxygen atoms in total. The van der Waals surface area contributed by atoms with Crippen molar-refractivity contribution in [3.8, 4) is 0 Å². The first-order chi connectivity index (χ1) is 8.19. The summed E-state index contributed by atoms with van der Waals surface area (Å²) >= 11 is 0. The van der Waals surface area contributed by atoms with E-state index in [0.29, 0.717) is 12.2 Å². The number of nitrogens with one attached hydrogen (secondary N) is 2. The van der Waals surface area contributed by atoms with Gasteiger partial charge in [-0.1, -0.05) is 6.92 Å². The lowest BCUT2D eigenvalue weighted by Crippen LogP contribution is -2.33. The van der Waals surface area contributed by atoms with Crippen molar-refractivity contribution in [2.75, 3.05) is 16.9 Å². The van der Waals surface area contributed by atoms with Gasteiger partial charge in [0.15, 0.2) is 0 Å². The number of anilines is 2. The van der Waals surface area contributed by atoms with E-state index in [9.17, 15) is 4.79 Å². The highest BCUT2D eigenvalue weighted by Crippen LogP contribution is 2.18. The molecule has 1 heterocycles. The van der Waals surface area contributed by atoms with Crippen LogP contribution in [0.5, 0.6) is 0 Å². The van der Waals surface area contributed by atoms with Crippen molar-refractivity contribution in [1.29, 1.82) is 0 Å². The maximum absolute atomic E-state index is 11.2. The zero-order chi connectivity index (χ0) is 12.3. The summed E-state index contributed by atoms with van der Waals surface area (Å²) in [6.07, 6.45) is 2.39. The number of hydrogen-bond donors (Lipinski definition) is 3. The number of amides is 1. The minimum Gasteiger partial charge on any atom is -0.384 e. The van der Waals surface area contributed by atoms with Gasteiger partial charge in [0.2, 0.25) is 5.91 Å². The van der Waals surface area contributed by atoms with Gasteiger partial charge in [0.25, 0.3) is 0 Å². The van der Waals surface area contributed by atoms with Gasteiger partial charge < -0.3 is 11.1 Å². The Labute approximate surface area is 100 Å². The Morgan fingerprint density at radius 3 is 2.71 bits per heavy atom. The SMILES string of the molecule is CCC(=O)Nc1ccc(N2CC=C(N)N2)cc1. The molecule has 0 spiro atoms. The van der Waals surface area contributed by atoms with Crippen molar-refractivity contribution in [3.05, 3.63) is 36.2 Å². The highest BCUT2D eigenvalue weighted by molar-refractivity contribution is 5.90. The lowest BCUT2D eigenvalue weighted by molar-refractivity contribution is -0.115. The molecule has 1 aliphatic rings. The van der Waals surface area contributed by atoms with Gasteiger partial charge in [0.1, 0.15) is 5.82 Å². The summed E-state index contributed by atoms with van der Waals surface area (Å²) in [6, 6.07) is 7.62. The number of nitrogens with two attached hydrogens (primary N) is 1. The molecule has 5 heteroatoms. The maximum Gasteiger partial charge on any atom is 0.224 e. The molecule has 0 atom stereocenters. The largest absolute Gasteiger partial charge is 0.384 e. The molecule has 4 N–H and O–H groups in total. The molecular weight excluding hydrogens is 216 g/mol. The van der Waals surface area contributed by atoms with E-state index in [1.165, 1.54) is 0 Å². The number of carbonyl (C=O) groups is 1. The van der Waals surface area contributed by atoms with Crippen molar-refractivity contribution < 1.29 is 4.79 Å². The third-order valence-electron chi connectivity index (χ3n) is 2.54. The van der Waals surface area contributed by atoms with E-state index >= 15 is 0 Å². The van der Waals surface area contributed by atoms with Crippen molar-refractivity contribution in [2.24, 2.45) is 5.73 Å². The summed E-state index contributed by atoms with van der Waals surface area (Å²) < 4.78 is 0. The van der Waals surface area contributed by atoms with E-state index in [2.05, 4.69) is 10.7 Å². The second-order valence-corrected chi connectivity index (χ2v) is 3.83. The Balaban J connectivity index is 2.01. The van der Waals surface area contributed by atoms with Crippen LogP contribution in [0.1, 0.15) is 13.3 Å². The van der Waals surface area contributed by atoms with Gasteiger partial charge in [-0.25, -0.2) is 0 Å². The minimum absolute atomic E-state index is 0.0166. The van der Waals surface area contributed by atoms with Gasteiger partial charge in [0.05, 0.1) is 12.2 Å². The zero-order valence-electron chi connectivity index (χ0n) is 9.73. The number of carbonyl (C=O) groups excluding carboxylic acids is 1. The van der Waals surface area contributed by atoms with Gasteiger partial charge in [-0.05, 0) is 30.3 Å². The average Bonchev–Trinajstić information content (AvgIpc) is 2.77. The number of rotatable bonds is 3. The van der Waals surface area contributed by atoms with Gasteiger partial charge in [-0.15, -0.1) is 0 Å². The van der Waals surface area contributed by atoms with E-state index in [1.54, 1.807) is 0 Å². The first kappa shape index (κ1) is 11.3. The molecule has 1 aromatic carbocycles. The van der Waals surface area contributed by atoms with E-state index in [1.807, 2.05) is 42.3 Å². The fourth-order valence-electron chi connectivity index (χ4n) is 1.58. The van der Waals surface area contributed by atoms with Crippen LogP contribution >= 0.6 is 0 Å². The van der Waals surface area contributed by atoms with Crippen LogP contribution in [0, 0.1) is 0 Å². The molecule has 0 fully saturated rings. The van der Waals surface area contributed by atoms with Crippen LogP contribution in [0.4, 0.5) is 11.4 Å². The fraction of sp³-hybridized carbons (Fsp3) is 0.250. The second-order valence-electron chi connectivity index (χ2n) is 3.83. The highest BCUT2D eigenvalue weighted by atomic mass is 16.1. The highest BCUT2D eigenvalue weighted by Gasteiger charge is 2.11. The molecule has 17 heavy (non-hydrogen) atoms. The smallest absolute Gasteiger partial charge is 0.224 e. The molecule has 0 radical (unpaired) electrons.